The monoisotopic (exact) mass is 596 g/mol. The second-order valence-electron chi connectivity index (χ2n) is 12.9. The van der Waals surface area contributed by atoms with Crippen LogP contribution in [0, 0.1) is 0 Å². The number of nitrogens with zero attached hydrogens (tertiary/aromatic N) is 1. The van der Waals surface area contributed by atoms with E-state index in [2.05, 4.69) is 6.92 Å². The van der Waals surface area contributed by atoms with E-state index in [-0.39, 0.29) is 12.1 Å². The molecule has 0 radical (unpaired) electrons. The van der Waals surface area contributed by atoms with E-state index >= 15 is 0 Å². The zero-order valence-electron chi connectivity index (χ0n) is 25.9. The number of rotatable bonds is 12. The fourth-order valence-corrected chi connectivity index (χ4v) is 8.10. The van der Waals surface area contributed by atoms with Crippen LogP contribution in [0.25, 0.3) is 0 Å². The van der Waals surface area contributed by atoms with Crippen molar-refractivity contribution in [2.24, 2.45) is 0 Å². The zero-order valence-corrected chi connectivity index (χ0v) is 25.9. The van der Waals surface area contributed by atoms with E-state index in [0.29, 0.717) is 35.2 Å². The summed E-state index contributed by atoms with van der Waals surface area (Å²) in [5.41, 5.74) is 0.293. The first-order chi connectivity index (χ1) is 21.5. The molecule has 6 rings (SSSR count). The number of esters is 2. The van der Waals surface area contributed by atoms with E-state index < -0.39 is 17.9 Å². The van der Waals surface area contributed by atoms with E-state index in [1.54, 1.807) is 0 Å². The molecule has 3 aromatic carbocycles. The Kier molecular flexibility index (Phi) is 9.48. The van der Waals surface area contributed by atoms with Crippen LogP contribution in [0.5, 0.6) is 0 Å². The van der Waals surface area contributed by atoms with Crippen LogP contribution in [0.3, 0.4) is 0 Å². The van der Waals surface area contributed by atoms with Gasteiger partial charge in [-0.3, -0.25) is 4.79 Å². The van der Waals surface area contributed by atoms with Crippen molar-refractivity contribution in [3.05, 3.63) is 108 Å². The average molecular weight is 597 g/mol. The van der Waals surface area contributed by atoms with E-state index in [1.807, 2.05) is 91.0 Å². The maximum Gasteiger partial charge on any atom is 0.348 e. The number of hydrogen-bond donors (Lipinski definition) is 0. The SMILES string of the molecule is CCCCCC(=O)OC(OC(C(=O)OC1CC2CCC(C1)[N+]21CCCC1)(c1ccccc1)c1ccccc1)c1ccccc1. The summed E-state index contributed by atoms with van der Waals surface area (Å²) in [6.07, 6.45) is 8.49. The van der Waals surface area contributed by atoms with Crippen LogP contribution >= 0.6 is 0 Å². The highest BCUT2D eigenvalue weighted by molar-refractivity contribution is 5.86. The lowest BCUT2D eigenvalue weighted by Gasteiger charge is -2.47. The molecule has 0 amide bonds. The van der Waals surface area contributed by atoms with Gasteiger partial charge in [-0.15, -0.1) is 0 Å². The average Bonchev–Trinajstić information content (AvgIpc) is 3.61. The Hall–Kier alpha value is -3.48. The van der Waals surface area contributed by atoms with E-state index in [4.69, 9.17) is 14.2 Å². The van der Waals surface area contributed by atoms with E-state index in [1.165, 1.54) is 43.3 Å². The molecule has 0 N–H and O–H groups in total. The topological polar surface area (TPSA) is 61.8 Å². The molecule has 3 fully saturated rings. The predicted octanol–water partition coefficient (Wildman–Crippen LogP) is 7.62. The number of hydrogen-bond acceptors (Lipinski definition) is 5. The molecule has 3 atom stereocenters. The summed E-state index contributed by atoms with van der Waals surface area (Å²) in [5, 5.41) is 0. The lowest BCUT2D eigenvalue weighted by Crippen LogP contribution is -2.60. The minimum atomic E-state index is -1.65. The molecule has 3 aliphatic rings. The fourth-order valence-electron chi connectivity index (χ4n) is 8.10. The third kappa shape index (κ3) is 6.07. The van der Waals surface area contributed by atoms with Gasteiger partial charge >= 0.3 is 11.9 Å². The molecule has 6 heteroatoms. The van der Waals surface area contributed by atoms with Crippen LogP contribution in [-0.2, 0) is 29.4 Å². The Morgan fingerprint density at radius 2 is 1.34 bits per heavy atom. The fraction of sp³-hybridized carbons (Fsp3) is 0.474. The first-order valence-electron chi connectivity index (χ1n) is 16.7. The van der Waals surface area contributed by atoms with Crippen molar-refractivity contribution in [3.8, 4) is 0 Å². The molecule has 0 aromatic heterocycles. The Bertz CT molecular complexity index is 1320. The molecular formula is C38H46NO5+. The molecule has 6 nitrogen and oxygen atoms in total. The van der Waals surface area contributed by atoms with Gasteiger partial charge in [0.15, 0.2) is 0 Å². The van der Waals surface area contributed by atoms with Crippen LogP contribution in [0.15, 0.2) is 91.0 Å². The molecule has 2 bridgehead atoms. The predicted molar refractivity (Wildman–Crippen MR) is 169 cm³/mol. The smallest absolute Gasteiger partial charge is 0.348 e. The standard InChI is InChI=1S/C38H46NO5/c1-2-3-7-22-35(40)43-36(29-16-8-4-9-17-29)44-38(30-18-10-5-11-19-30,31-20-12-6-13-21-31)37(41)42-34-27-32-23-24-33(28-34)39(32)25-14-15-26-39/h4-6,8-13,16-21,32-34,36H,2-3,7,14-15,22-28H2,1H3/q+1. The number of carbonyl (C=O) groups excluding carboxylic acids is 2. The largest absolute Gasteiger partial charge is 0.459 e. The van der Waals surface area contributed by atoms with Crippen LogP contribution in [-0.4, -0.2) is 47.7 Å². The quantitative estimate of drug-likeness (QED) is 0.0932. The van der Waals surface area contributed by atoms with Crippen molar-refractivity contribution >= 4 is 11.9 Å². The lowest BCUT2D eigenvalue weighted by molar-refractivity contribution is -0.956. The van der Waals surface area contributed by atoms with Crippen LogP contribution in [0.4, 0.5) is 0 Å². The van der Waals surface area contributed by atoms with Crippen LogP contribution in [0.1, 0.15) is 94.1 Å². The van der Waals surface area contributed by atoms with Crippen molar-refractivity contribution in [1.29, 1.82) is 0 Å². The maximum atomic E-state index is 14.9. The minimum absolute atomic E-state index is 0.175. The number of carbonyl (C=O) groups is 2. The summed E-state index contributed by atoms with van der Waals surface area (Å²) in [6, 6.07) is 29.6. The van der Waals surface area contributed by atoms with Gasteiger partial charge in [-0.25, -0.2) is 4.79 Å². The van der Waals surface area contributed by atoms with Gasteiger partial charge in [-0.1, -0.05) is 111 Å². The van der Waals surface area contributed by atoms with Crippen molar-refractivity contribution in [1.82, 2.24) is 0 Å². The first kappa shape index (κ1) is 30.5. The molecule has 232 valence electrons. The summed E-state index contributed by atoms with van der Waals surface area (Å²) in [6.45, 7) is 4.63. The highest BCUT2D eigenvalue weighted by Crippen LogP contribution is 2.47. The van der Waals surface area contributed by atoms with Crippen LogP contribution in [0.2, 0.25) is 0 Å². The number of quaternary nitrogens is 1. The van der Waals surface area contributed by atoms with Gasteiger partial charge in [0.2, 0.25) is 11.9 Å². The van der Waals surface area contributed by atoms with Crippen molar-refractivity contribution in [3.63, 3.8) is 0 Å². The van der Waals surface area contributed by atoms with Gasteiger partial charge in [0.05, 0.1) is 25.2 Å². The highest BCUT2D eigenvalue weighted by Gasteiger charge is 2.57. The summed E-state index contributed by atoms with van der Waals surface area (Å²) in [7, 11) is 0. The van der Waals surface area contributed by atoms with Crippen LogP contribution < -0.4 is 0 Å². The number of ether oxygens (including phenoxy) is 3. The third-order valence-electron chi connectivity index (χ3n) is 10.3. The van der Waals surface area contributed by atoms with E-state index in [0.717, 1.165) is 32.1 Å². The Morgan fingerprint density at radius 1 is 0.795 bits per heavy atom. The first-order valence-corrected chi connectivity index (χ1v) is 16.7. The molecule has 0 saturated carbocycles. The molecule has 1 spiro atoms. The minimum Gasteiger partial charge on any atom is -0.459 e. The Morgan fingerprint density at radius 3 is 1.89 bits per heavy atom. The third-order valence-corrected chi connectivity index (χ3v) is 10.3. The summed E-state index contributed by atoms with van der Waals surface area (Å²) in [5.74, 6) is -0.809. The van der Waals surface area contributed by atoms with Crippen molar-refractivity contribution in [2.45, 2.75) is 101 Å². The summed E-state index contributed by atoms with van der Waals surface area (Å²) in [4.78, 5) is 28.0. The normalized spacial score (nSPS) is 22.9. The lowest BCUT2D eigenvalue weighted by atomic mass is 9.85. The van der Waals surface area contributed by atoms with Gasteiger partial charge in [0.1, 0.15) is 6.10 Å². The molecule has 3 heterocycles. The summed E-state index contributed by atoms with van der Waals surface area (Å²) < 4.78 is 20.8. The molecular weight excluding hydrogens is 550 g/mol. The second-order valence-corrected chi connectivity index (χ2v) is 12.9. The second kappa shape index (κ2) is 13.7. The van der Waals surface area contributed by atoms with Crippen molar-refractivity contribution < 1.29 is 28.3 Å². The summed E-state index contributed by atoms with van der Waals surface area (Å²) >= 11 is 0. The molecule has 3 aromatic rings. The molecule has 3 aliphatic heterocycles. The Balaban J connectivity index is 1.36. The number of piperidine rings is 1. The van der Waals surface area contributed by atoms with Gasteiger partial charge < -0.3 is 18.7 Å². The maximum absolute atomic E-state index is 14.9. The highest BCUT2D eigenvalue weighted by atomic mass is 16.7. The zero-order chi connectivity index (χ0) is 30.4. The van der Waals surface area contributed by atoms with Gasteiger partial charge in [0, 0.05) is 50.5 Å². The number of unbranched alkanes of at least 4 members (excludes halogenated alkanes) is 2. The van der Waals surface area contributed by atoms with E-state index in [9.17, 15) is 9.59 Å². The molecule has 0 aliphatic carbocycles. The molecule has 44 heavy (non-hydrogen) atoms. The molecule has 3 unspecified atom stereocenters. The van der Waals surface area contributed by atoms with Crippen molar-refractivity contribution in [2.75, 3.05) is 13.1 Å². The van der Waals surface area contributed by atoms with Gasteiger partial charge in [-0.2, -0.15) is 0 Å². The number of benzene rings is 3. The Labute approximate surface area is 261 Å². The van der Waals surface area contributed by atoms with Gasteiger partial charge in [0.25, 0.3) is 0 Å². The van der Waals surface area contributed by atoms with Gasteiger partial charge in [-0.05, 0) is 17.5 Å². The molecule has 3 saturated heterocycles.